The number of fused-ring (bicyclic) bond motifs is 1. The topological polar surface area (TPSA) is 59.2 Å². The number of rotatable bonds is 1. The average Bonchev–Trinajstić information content (AvgIpc) is 2.40. The monoisotopic (exact) mass is 317 g/mol. The molecule has 0 radical (unpaired) electrons. The minimum atomic E-state index is 0.0621. The summed E-state index contributed by atoms with van der Waals surface area (Å²) < 4.78 is 0.887. The van der Waals surface area contributed by atoms with Crippen molar-refractivity contribution in [2.24, 2.45) is 0 Å². The normalized spacial score (nSPS) is 14.4. The number of carbonyl (C=O) groups excluding carboxylic acids is 1. The molecule has 2 aromatic rings. The molecule has 0 unspecified atom stereocenters. The molecule has 0 fully saturated rings. The van der Waals surface area contributed by atoms with Crippen LogP contribution < -0.4 is 10.6 Å². The zero-order chi connectivity index (χ0) is 13.4. The lowest BCUT2D eigenvalue weighted by Gasteiger charge is -2.28. The van der Waals surface area contributed by atoms with Crippen LogP contribution in [0.25, 0.3) is 0 Å². The Hall–Kier alpha value is -1.88. The van der Waals surface area contributed by atoms with Crippen molar-refractivity contribution in [1.82, 2.24) is 4.98 Å². The highest BCUT2D eigenvalue weighted by atomic mass is 79.9. The van der Waals surface area contributed by atoms with E-state index in [4.69, 9.17) is 5.73 Å². The fourth-order valence-electron chi connectivity index (χ4n) is 2.26. The summed E-state index contributed by atoms with van der Waals surface area (Å²) in [6.07, 6.45) is 2.90. The minimum absolute atomic E-state index is 0.0621. The van der Waals surface area contributed by atoms with Crippen molar-refractivity contribution in [2.45, 2.75) is 12.8 Å². The van der Waals surface area contributed by atoms with Gasteiger partial charge in [0.05, 0.1) is 5.69 Å². The smallest absolute Gasteiger partial charge is 0.233 e. The van der Waals surface area contributed by atoms with Crippen molar-refractivity contribution in [3.63, 3.8) is 0 Å². The molecule has 1 aromatic carbocycles. The molecule has 19 heavy (non-hydrogen) atoms. The molecule has 1 aliphatic rings. The van der Waals surface area contributed by atoms with Crippen molar-refractivity contribution in [3.8, 4) is 0 Å². The molecule has 3 rings (SSSR count). The molecule has 0 aliphatic carbocycles. The summed E-state index contributed by atoms with van der Waals surface area (Å²) in [7, 11) is 0. The second-order valence-electron chi connectivity index (χ2n) is 4.45. The van der Waals surface area contributed by atoms with Crippen LogP contribution in [-0.4, -0.2) is 10.9 Å². The Morgan fingerprint density at radius 3 is 2.79 bits per heavy atom. The van der Waals surface area contributed by atoms with Gasteiger partial charge in [0.2, 0.25) is 5.91 Å². The molecule has 0 saturated heterocycles. The van der Waals surface area contributed by atoms with E-state index >= 15 is 0 Å². The molecule has 1 aliphatic heterocycles. The van der Waals surface area contributed by atoms with Gasteiger partial charge in [-0.1, -0.05) is 0 Å². The third-order valence-electron chi connectivity index (χ3n) is 3.14. The van der Waals surface area contributed by atoms with E-state index in [1.165, 1.54) is 0 Å². The predicted octanol–water partition coefficient (Wildman–Crippen LogP) is 3.04. The van der Waals surface area contributed by atoms with E-state index in [2.05, 4.69) is 20.9 Å². The molecule has 2 heterocycles. The number of hydrogen-bond donors (Lipinski definition) is 1. The van der Waals surface area contributed by atoms with E-state index in [0.29, 0.717) is 12.2 Å². The summed E-state index contributed by atoms with van der Waals surface area (Å²) in [5.74, 6) is 0.700. The van der Waals surface area contributed by atoms with E-state index in [1.54, 1.807) is 11.1 Å². The highest BCUT2D eigenvalue weighted by Crippen LogP contribution is 2.34. The van der Waals surface area contributed by atoms with Gasteiger partial charge in [-0.25, -0.2) is 4.98 Å². The molecule has 96 valence electrons. The zero-order valence-electron chi connectivity index (χ0n) is 10.1. The summed E-state index contributed by atoms with van der Waals surface area (Å²) in [6.45, 7) is 0. The van der Waals surface area contributed by atoms with Gasteiger partial charge in [-0.2, -0.15) is 0 Å². The number of nitrogens with two attached hydrogens (primary N) is 1. The lowest BCUT2D eigenvalue weighted by molar-refractivity contribution is -0.118. The van der Waals surface area contributed by atoms with Crippen molar-refractivity contribution >= 4 is 39.0 Å². The maximum absolute atomic E-state index is 12.2. The quantitative estimate of drug-likeness (QED) is 0.822. The van der Waals surface area contributed by atoms with Crippen LogP contribution in [0.3, 0.4) is 0 Å². The average molecular weight is 318 g/mol. The summed E-state index contributed by atoms with van der Waals surface area (Å²) in [4.78, 5) is 18.1. The largest absolute Gasteiger partial charge is 0.399 e. The third-order valence-corrected chi connectivity index (χ3v) is 3.61. The molecule has 4 nitrogen and oxygen atoms in total. The van der Waals surface area contributed by atoms with Crippen molar-refractivity contribution in [1.29, 1.82) is 0 Å². The lowest BCUT2D eigenvalue weighted by Crippen LogP contribution is -2.31. The first kappa shape index (κ1) is 12.2. The third kappa shape index (κ3) is 2.21. The highest BCUT2D eigenvalue weighted by molar-refractivity contribution is 9.10. The van der Waals surface area contributed by atoms with Crippen LogP contribution in [-0.2, 0) is 11.2 Å². The van der Waals surface area contributed by atoms with Crippen LogP contribution in [0.1, 0.15) is 12.0 Å². The van der Waals surface area contributed by atoms with Gasteiger partial charge in [0.15, 0.2) is 0 Å². The lowest BCUT2D eigenvalue weighted by atomic mass is 10.0. The second kappa shape index (κ2) is 4.66. The number of nitrogen functional groups attached to an aromatic ring is 1. The Morgan fingerprint density at radius 1 is 1.21 bits per heavy atom. The maximum Gasteiger partial charge on any atom is 0.233 e. The molecular weight excluding hydrogens is 306 g/mol. The predicted molar refractivity (Wildman–Crippen MR) is 78.3 cm³/mol. The summed E-state index contributed by atoms with van der Waals surface area (Å²) >= 11 is 3.34. The Balaban J connectivity index is 2.10. The number of aromatic nitrogens is 1. The molecule has 1 amide bonds. The number of halogens is 1. The first-order chi connectivity index (χ1) is 9.15. The number of nitrogens with zero attached hydrogens (tertiary/aromatic N) is 2. The van der Waals surface area contributed by atoms with Crippen molar-refractivity contribution in [3.05, 3.63) is 46.6 Å². The van der Waals surface area contributed by atoms with Gasteiger partial charge < -0.3 is 5.73 Å². The van der Waals surface area contributed by atoms with E-state index in [0.717, 1.165) is 27.8 Å². The van der Waals surface area contributed by atoms with Crippen LogP contribution in [0.4, 0.5) is 17.2 Å². The molecular formula is C14H12BrN3O. The van der Waals surface area contributed by atoms with E-state index in [9.17, 15) is 4.79 Å². The fraction of sp³-hybridized carbons (Fsp3) is 0.143. The number of anilines is 3. The molecule has 1 aromatic heterocycles. The van der Waals surface area contributed by atoms with Gasteiger partial charge in [-0.3, -0.25) is 9.69 Å². The second-order valence-corrected chi connectivity index (χ2v) is 5.37. The number of amides is 1. The van der Waals surface area contributed by atoms with Gasteiger partial charge in [-0.15, -0.1) is 0 Å². The van der Waals surface area contributed by atoms with Crippen LogP contribution in [0.5, 0.6) is 0 Å². The first-order valence-electron chi connectivity index (χ1n) is 5.98. The van der Waals surface area contributed by atoms with E-state index in [1.807, 2.05) is 30.3 Å². The molecule has 0 atom stereocenters. The minimum Gasteiger partial charge on any atom is -0.399 e. The number of aryl methyl sites for hydroxylation is 1. The number of hydrogen-bond acceptors (Lipinski definition) is 3. The number of carbonyl (C=O) groups is 1. The molecule has 2 N–H and O–H groups in total. The van der Waals surface area contributed by atoms with Crippen molar-refractivity contribution < 1.29 is 4.79 Å². The van der Waals surface area contributed by atoms with E-state index in [-0.39, 0.29) is 5.91 Å². The van der Waals surface area contributed by atoms with Crippen LogP contribution in [0.15, 0.2) is 41.0 Å². The summed E-state index contributed by atoms with van der Waals surface area (Å²) in [5.41, 5.74) is 8.48. The molecule has 0 spiro atoms. The SMILES string of the molecule is Nc1ccc2c(c1)CCC(=O)N2c1ccc(Br)cn1. The van der Waals surface area contributed by atoms with Crippen LogP contribution in [0, 0.1) is 0 Å². The van der Waals surface area contributed by atoms with Gasteiger partial charge in [0.25, 0.3) is 0 Å². The Labute approximate surface area is 119 Å². The Kier molecular flexibility index (Phi) is 2.98. The molecule has 0 bridgehead atoms. The van der Waals surface area contributed by atoms with Gasteiger partial charge >= 0.3 is 0 Å². The van der Waals surface area contributed by atoms with Crippen LogP contribution in [0.2, 0.25) is 0 Å². The molecule has 0 saturated carbocycles. The zero-order valence-corrected chi connectivity index (χ0v) is 11.7. The Bertz CT molecular complexity index is 640. The Morgan fingerprint density at radius 2 is 2.05 bits per heavy atom. The molecule has 5 heteroatoms. The van der Waals surface area contributed by atoms with E-state index < -0.39 is 0 Å². The number of pyridine rings is 1. The standard InChI is InChI=1S/C14H12BrN3O/c15-10-2-5-13(17-8-10)18-12-4-3-11(16)7-9(12)1-6-14(18)19/h2-5,7-8H,1,6,16H2. The summed E-state index contributed by atoms with van der Waals surface area (Å²) in [6, 6.07) is 9.32. The fourth-order valence-corrected chi connectivity index (χ4v) is 2.50. The maximum atomic E-state index is 12.2. The van der Waals surface area contributed by atoms with Gasteiger partial charge in [-0.05, 0) is 58.2 Å². The van der Waals surface area contributed by atoms with Gasteiger partial charge in [0.1, 0.15) is 5.82 Å². The highest BCUT2D eigenvalue weighted by Gasteiger charge is 2.26. The van der Waals surface area contributed by atoms with Gasteiger partial charge in [0, 0.05) is 22.8 Å². The number of benzene rings is 1. The first-order valence-corrected chi connectivity index (χ1v) is 6.77. The van der Waals surface area contributed by atoms with Crippen LogP contribution >= 0.6 is 15.9 Å². The van der Waals surface area contributed by atoms with Crippen molar-refractivity contribution in [2.75, 3.05) is 10.6 Å². The summed E-state index contributed by atoms with van der Waals surface area (Å²) in [5, 5.41) is 0.